The van der Waals surface area contributed by atoms with E-state index < -0.39 is 10.0 Å². The van der Waals surface area contributed by atoms with Crippen molar-refractivity contribution in [2.45, 2.75) is 31.1 Å². The number of benzene rings is 1. The molecule has 0 aromatic heterocycles. The second kappa shape index (κ2) is 9.82. The summed E-state index contributed by atoms with van der Waals surface area (Å²) in [5.41, 5.74) is 1.18. The van der Waals surface area contributed by atoms with E-state index >= 15 is 0 Å². The number of hydrogen-bond acceptors (Lipinski definition) is 3. The zero-order chi connectivity index (χ0) is 20.0. The summed E-state index contributed by atoms with van der Waals surface area (Å²) in [7, 11) is 0.753. The molecule has 1 heterocycles. The first kappa shape index (κ1) is 22.1. The maximum absolute atomic E-state index is 12.9. The van der Waals surface area contributed by atoms with Crippen molar-refractivity contribution in [3.05, 3.63) is 29.8 Å². The molecule has 152 valence electrons. The third-order valence-electron chi connectivity index (χ3n) is 5.13. The Morgan fingerprint density at radius 2 is 1.78 bits per heavy atom. The van der Waals surface area contributed by atoms with Crippen LogP contribution in [0.1, 0.15) is 31.7 Å². The van der Waals surface area contributed by atoms with Gasteiger partial charge in [-0.1, -0.05) is 26.0 Å². The van der Waals surface area contributed by atoms with Gasteiger partial charge in [0.2, 0.25) is 10.0 Å². The molecule has 0 radical (unpaired) electrons. The van der Waals surface area contributed by atoms with Crippen molar-refractivity contribution in [1.82, 2.24) is 14.5 Å². The summed E-state index contributed by atoms with van der Waals surface area (Å²) < 4.78 is 27.4. The van der Waals surface area contributed by atoms with Gasteiger partial charge in [0.25, 0.3) is 0 Å². The number of thiocarbonyl (C=S) groups is 1. The third kappa shape index (κ3) is 5.88. The molecule has 0 unspecified atom stereocenters. The SMILES string of the molecule is CC[C@@H](C)c1ccc(S(=O)(=O)N2CCN(C(=S)NCC[NH+](C)C)CC2)cc1. The van der Waals surface area contributed by atoms with Crippen LogP contribution in [0.15, 0.2) is 29.2 Å². The molecule has 1 aliphatic rings. The minimum absolute atomic E-state index is 0.373. The lowest BCUT2D eigenvalue weighted by molar-refractivity contribution is -0.856. The normalized spacial score (nSPS) is 17.1. The van der Waals surface area contributed by atoms with Crippen molar-refractivity contribution in [1.29, 1.82) is 0 Å². The average Bonchev–Trinajstić information content (AvgIpc) is 2.67. The molecule has 27 heavy (non-hydrogen) atoms. The molecule has 0 bridgehead atoms. The highest BCUT2D eigenvalue weighted by Gasteiger charge is 2.29. The van der Waals surface area contributed by atoms with Gasteiger partial charge in [-0.15, -0.1) is 0 Å². The molecular weight excluding hydrogens is 380 g/mol. The summed E-state index contributed by atoms with van der Waals surface area (Å²) in [6.45, 7) is 8.24. The molecule has 1 fully saturated rings. The summed E-state index contributed by atoms with van der Waals surface area (Å²) in [6, 6.07) is 7.34. The molecule has 6 nitrogen and oxygen atoms in total. The van der Waals surface area contributed by atoms with E-state index in [2.05, 4.69) is 38.2 Å². The number of quaternary nitrogens is 1. The van der Waals surface area contributed by atoms with Gasteiger partial charge in [0, 0.05) is 26.2 Å². The molecular formula is C19H33N4O2S2+. The van der Waals surface area contributed by atoms with Crippen LogP contribution in [-0.4, -0.2) is 76.1 Å². The van der Waals surface area contributed by atoms with Crippen LogP contribution in [0.3, 0.4) is 0 Å². The predicted molar refractivity (Wildman–Crippen MR) is 114 cm³/mol. The van der Waals surface area contributed by atoms with Crippen molar-refractivity contribution < 1.29 is 13.3 Å². The number of sulfonamides is 1. The van der Waals surface area contributed by atoms with Crippen LogP contribution in [0.5, 0.6) is 0 Å². The Balaban J connectivity index is 1.93. The van der Waals surface area contributed by atoms with E-state index in [0.717, 1.165) is 19.5 Å². The lowest BCUT2D eigenvalue weighted by Gasteiger charge is -2.35. The van der Waals surface area contributed by atoms with Crippen molar-refractivity contribution in [2.24, 2.45) is 0 Å². The predicted octanol–water partition coefficient (Wildman–Crippen LogP) is 0.525. The first-order valence-electron chi connectivity index (χ1n) is 9.67. The smallest absolute Gasteiger partial charge is 0.243 e. The lowest BCUT2D eigenvalue weighted by atomic mass is 9.99. The molecule has 0 saturated carbocycles. The van der Waals surface area contributed by atoms with E-state index in [4.69, 9.17) is 12.2 Å². The molecule has 1 aliphatic heterocycles. The van der Waals surface area contributed by atoms with Gasteiger partial charge < -0.3 is 15.1 Å². The summed E-state index contributed by atoms with van der Waals surface area (Å²) >= 11 is 5.44. The zero-order valence-electron chi connectivity index (χ0n) is 16.9. The molecule has 2 rings (SSSR count). The summed E-state index contributed by atoms with van der Waals surface area (Å²) in [4.78, 5) is 3.79. The minimum Gasteiger partial charge on any atom is -0.357 e. The Labute approximate surface area is 169 Å². The van der Waals surface area contributed by atoms with Gasteiger partial charge >= 0.3 is 0 Å². The number of nitrogens with one attached hydrogen (secondary N) is 2. The Kier molecular flexibility index (Phi) is 8.03. The van der Waals surface area contributed by atoms with Crippen LogP contribution in [0.25, 0.3) is 0 Å². The number of piperazine rings is 1. The van der Waals surface area contributed by atoms with Gasteiger partial charge in [0.1, 0.15) is 0 Å². The van der Waals surface area contributed by atoms with E-state index in [1.54, 1.807) is 16.4 Å². The highest BCUT2D eigenvalue weighted by molar-refractivity contribution is 7.89. The van der Waals surface area contributed by atoms with Gasteiger partial charge in [0.15, 0.2) is 5.11 Å². The van der Waals surface area contributed by atoms with Crippen LogP contribution >= 0.6 is 12.2 Å². The van der Waals surface area contributed by atoms with E-state index in [9.17, 15) is 8.42 Å². The van der Waals surface area contributed by atoms with E-state index in [1.807, 2.05) is 12.1 Å². The van der Waals surface area contributed by atoms with E-state index in [-0.39, 0.29) is 0 Å². The molecule has 0 spiro atoms. The van der Waals surface area contributed by atoms with Gasteiger partial charge in [-0.3, -0.25) is 0 Å². The standard InChI is InChI=1S/C19H32N4O2S2/c1-5-16(2)17-6-8-18(9-7-17)27(24,25)23-14-12-22(13-15-23)19(26)20-10-11-21(3)4/h6-9,16H,5,10-15H2,1-4H3,(H,20,26)/p+1/t16-/m1/s1. The summed E-state index contributed by atoms with van der Waals surface area (Å²) in [5, 5.41) is 3.97. The van der Waals surface area contributed by atoms with Gasteiger partial charge in [0.05, 0.1) is 32.1 Å². The third-order valence-corrected chi connectivity index (χ3v) is 7.44. The maximum atomic E-state index is 12.9. The fraction of sp³-hybridized carbons (Fsp3) is 0.632. The van der Waals surface area contributed by atoms with Crippen molar-refractivity contribution >= 4 is 27.4 Å². The zero-order valence-corrected chi connectivity index (χ0v) is 18.5. The van der Waals surface area contributed by atoms with Gasteiger partial charge in [-0.25, -0.2) is 8.42 Å². The number of nitrogens with zero attached hydrogens (tertiary/aromatic N) is 2. The molecule has 8 heteroatoms. The van der Waals surface area contributed by atoms with Crippen molar-refractivity contribution in [3.8, 4) is 0 Å². The second-order valence-electron chi connectivity index (χ2n) is 7.46. The van der Waals surface area contributed by atoms with Crippen molar-refractivity contribution in [3.63, 3.8) is 0 Å². The van der Waals surface area contributed by atoms with Crippen LogP contribution in [-0.2, 0) is 10.0 Å². The number of hydrogen-bond donors (Lipinski definition) is 2. The van der Waals surface area contributed by atoms with Crippen LogP contribution < -0.4 is 10.2 Å². The molecule has 1 aromatic rings. The number of rotatable bonds is 7. The van der Waals surface area contributed by atoms with Crippen molar-refractivity contribution in [2.75, 3.05) is 53.4 Å². The molecule has 0 amide bonds. The van der Waals surface area contributed by atoms with E-state index in [1.165, 1.54) is 10.5 Å². The molecule has 1 saturated heterocycles. The Morgan fingerprint density at radius 1 is 1.19 bits per heavy atom. The first-order chi connectivity index (χ1) is 12.8. The summed E-state index contributed by atoms with van der Waals surface area (Å²) in [5.74, 6) is 0.438. The van der Waals surface area contributed by atoms with Gasteiger partial charge in [-0.2, -0.15) is 4.31 Å². The van der Waals surface area contributed by atoms with Crippen LogP contribution in [0.4, 0.5) is 0 Å². The average molecular weight is 414 g/mol. The Hall–Kier alpha value is -1.22. The number of likely N-dealkylation sites (N-methyl/N-ethyl adjacent to an activating group) is 1. The lowest BCUT2D eigenvalue weighted by Crippen LogP contribution is -3.06. The molecule has 0 aliphatic carbocycles. The Bertz CT molecular complexity index is 712. The quantitative estimate of drug-likeness (QED) is 0.639. The monoisotopic (exact) mass is 413 g/mol. The minimum atomic E-state index is -3.45. The first-order valence-corrected chi connectivity index (χ1v) is 11.5. The largest absolute Gasteiger partial charge is 0.357 e. The van der Waals surface area contributed by atoms with Crippen LogP contribution in [0.2, 0.25) is 0 Å². The molecule has 2 N–H and O–H groups in total. The Morgan fingerprint density at radius 3 is 2.30 bits per heavy atom. The molecule has 1 aromatic carbocycles. The fourth-order valence-electron chi connectivity index (χ4n) is 3.02. The second-order valence-corrected chi connectivity index (χ2v) is 9.78. The van der Waals surface area contributed by atoms with Gasteiger partial charge in [-0.05, 0) is 42.3 Å². The maximum Gasteiger partial charge on any atom is 0.243 e. The summed E-state index contributed by atoms with van der Waals surface area (Å²) in [6.07, 6.45) is 1.04. The van der Waals surface area contributed by atoms with Crippen LogP contribution in [0, 0.1) is 0 Å². The van der Waals surface area contributed by atoms with E-state index in [0.29, 0.717) is 42.1 Å². The molecule has 1 atom stereocenters. The highest BCUT2D eigenvalue weighted by atomic mass is 32.2. The fourth-order valence-corrected chi connectivity index (χ4v) is 4.72. The topological polar surface area (TPSA) is 57.1 Å². The highest BCUT2D eigenvalue weighted by Crippen LogP contribution is 2.23.